The fraction of sp³-hybridized carbons (Fsp3) is 0.900. The van der Waals surface area contributed by atoms with Gasteiger partial charge in [0.15, 0.2) is 0 Å². The first kappa shape index (κ1) is 6.93. The van der Waals surface area contributed by atoms with E-state index in [1.54, 1.807) is 0 Å². The van der Waals surface area contributed by atoms with E-state index >= 15 is 0 Å². The summed E-state index contributed by atoms with van der Waals surface area (Å²) in [5.41, 5.74) is 0.259. The number of rotatable bonds is 2. The Morgan fingerprint density at radius 1 is 1.17 bits per heavy atom. The van der Waals surface area contributed by atoms with Crippen molar-refractivity contribution in [2.75, 3.05) is 0 Å². The largest absolute Gasteiger partial charge is 0.353 e. The lowest BCUT2D eigenvalue weighted by Crippen LogP contribution is -2.45. The van der Waals surface area contributed by atoms with Crippen LogP contribution in [0.15, 0.2) is 0 Å². The fourth-order valence-corrected chi connectivity index (χ4v) is 4.15. The van der Waals surface area contributed by atoms with Gasteiger partial charge in [0.05, 0.1) is 0 Å². The number of amides is 1. The highest BCUT2D eigenvalue weighted by Crippen LogP contribution is 2.60. The molecule has 2 heteroatoms. The van der Waals surface area contributed by atoms with Gasteiger partial charge in [0.1, 0.15) is 0 Å². The van der Waals surface area contributed by atoms with Gasteiger partial charge in [-0.25, -0.2) is 0 Å². The summed E-state index contributed by atoms with van der Waals surface area (Å²) < 4.78 is 0. The van der Waals surface area contributed by atoms with Crippen LogP contribution in [-0.2, 0) is 4.79 Å². The summed E-state index contributed by atoms with van der Waals surface area (Å²) in [6, 6.07) is 0. The number of carbonyl (C=O) groups is 1. The van der Waals surface area contributed by atoms with Gasteiger partial charge in [-0.3, -0.25) is 4.79 Å². The van der Waals surface area contributed by atoms with Crippen LogP contribution in [0.3, 0.4) is 0 Å². The van der Waals surface area contributed by atoms with Crippen LogP contribution in [0.5, 0.6) is 0 Å². The first-order chi connectivity index (χ1) is 5.82. The first-order valence-corrected chi connectivity index (χ1v) is 5.04. The van der Waals surface area contributed by atoms with Crippen LogP contribution in [0.25, 0.3) is 0 Å². The Bertz CT molecular complexity index is 212. The lowest BCUT2D eigenvalue weighted by molar-refractivity contribution is -0.111. The molecule has 1 N–H and O–H groups in total. The zero-order valence-corrected chi connectivity index (χ0v) is 7.25. The van der Waals surface area contributed by atoms with Gasteiger partial charge in [0.2, 0.25) is 6.41 Å². The van der Waals surface area contributed by atoms with Gasteiger partial charge >= 0.3 is 0 Å². The van der Waals surface area contributed by atoms with E-state index in [2.05, 4.69) is 5.32 Å². The van der Waals surface area contributed by atoms with Gasteiger partial charge < -0.3 is 5.32 Å². The Labute approximate surface area is 72.7 Å². The minimum atomic E-state index is 0.259. The molecule has 12 heavy (non-hydrogen) atoms. The van der Waals surface area contributed by atoms with Gasteiger partial charge in [-0.2, -0.15) is 0 Å². The van der Waals surface area contributed by atoms with E-state index in [1.807, 2.05) is 0 Å². The van der Waals surface area contributed by atoms with E-state index in [-0.39, 0.29) is 5.54 Å². The highest BCUT2D eigenvalue weighted by molar-refractivity contribution is 5.49. The molecule has 0 aromatic carbocycles. The molecule has 1 amide bonds. The Morgan fingerprint density at radius 3 is 2.42 bits per heavy atom. The minimum Gasteiger partial charge on any atom is -0.353 e. The number of nitrogens with one attached hydrogen (secondary N) is 1. The second kappa shape index (κ2) is 2.04. The van der Waals surface area contributed by atoms with Gasteiger partial charge in [-0.05, 0) is 49.9 Å². The zero-order valence-electron chi connectivity index (χ0n) is 7.25. The molecule has 4 aliphatic carbocycles. The molecular formula is C10H15NO. The predicted molar refractivity (Wildman–Crippen MR) is 45.5 cm³/mol. The SMILES string of the molecule is O=CNC12CC3CC(CC1C3)C2. The monoisotopic (exact) mass is 165 g/mol. The summed E-state index contributed by atoms with van der Waals surface area (Å²) in [5, 5.41) is 3.10. The van der Waals surface area contributed by atoms with E-state index < -0.39 is 0 Å². The summed E-state index contributed by atoms with van der Waals surface area (Å²) >= 11 is 0. The molecule has 4 aliphatic rings. The van der Waals surface area contributed by atoms with Gasteiger partial charge in [-0.15, -0.1) is 0 Å². The van der Waals surface area contributed by atoms with Crippen molar-refractivity contribution in [3.63, 3.8) is 0 Å². The van der Waals surface area contributed by atoms with Crippen molar-refractivity contribution >= 4 is 6.41 Å². The molecular weight excluding hydrogens is 150 g/mol. The predicted octanol–water partition coefficient (Wildman–Crippen LogP) is 1.31. The highest BCUT2D eigenvalue weighted by Gasteiger charge is 2.57. The van der Waals surface area contributed by atoms with Crippen LogP contribution in [0, 0.1) is 17.8 Å². The van der Waals surface area contributed by atoms with Crippen LogP contribution >= 0.6 is 0 Å². The lowest BCUT2D eigenvalue weighted by Gasteiger charge is -2.32. The van der Waals surface area contributed by atoms with E-state index in [4.69, 9.17) is 0 Å². The molecule has 0 radical (unpaired) electrons. The van der Waals surface area contributed by atoms with Crippen LogP contribution in [0.1, 0.15) is 32.1 Å². The van der Waals surface area contributed by atoms with Gasteiger partial charge in [0, 0.05) is 5.54 Å². The molecule has 0 aromatic heterocycles. The Morgan fingerprint density at radius 2 is 1.83 bits per heavy atom. The van der Waals surface area contributed by atoms with E-state index in [0.717, 1.165) is 24.2 Å². The molecule has 4 saturated carbocycles. The smallest absolute Gasteiger partial charge is 0.207 e. The number of hydrogen-bond donors (Lipinski definition) is 1. The van der Waals surface area contributed by atoms with E-state index in [9.17, 15) is 4.79 Å². The van der Waals surface area contributed by atoms with Crippen LogP contribution in [-0.4, -0.2) is 11.9 Å². The molecule has 4 rings (SSSR count). The van der Waals surface area contributed by atoms with E-state index in [1.165, 1.54) is 32.1 Å². The van der Waals surface area contributed by atoms with Crippen molar-refractivity contribution in [1.82, 2.24) is 5.32 Å². The maximum atomic E-state index is 10.5. The Kier molecular flexibility index (Phi) is 1.18. The first-order valence-electron chi connectivity index (χ1n) is 5.04. The average Bonchev–Trinajstić information content (AvgIpc) is 2.36. The van der Waals surface area contributed by atoms with E-state index in [0.29, 0.717) is 0 Å². The van der Waals surface area contributed by atoms with Crippen molar-refractivity contribution < 1.29 is 4.79 Å². The maximum Gasteiger partial charge on any atom is 0.207 e. The molecule has 2 atom stereocenters. The van der Waals surface area contributed by atoms with Crippen molar-refractivity contribution in [3.05, 3.63) is 0 Å². The minimum absolute atomic E-state index is 0.259. The zero-order chi connectivity index (χ0) is 8.18. The fourth-order valence-electron chi connectivity index (χ4n) is 4.15. The third-order valence-corrected chi connectivity index (χ3v) is 4.34. The standard InChI is InChI=1S/C10H15NO/c12-6-11-10-4-7-1-8(5-10)3-9(10)2-7/h6-9H,1-5H2,(H,11,12). The molecule has 0 aromatic rings. The van der Waals surface area contributed by atoms with Crippen molar-refractivity contribution in [3.8, 4) is 0 Å². The molecule has 2 nitrogen and oxygen atoms in total. The number of hydrogen-bond acceptors (Lipinski definition) is 1. The summed E-state index contributed by atoms with van der Waals surface area (Å²) in [6.45, 7) is 0. The van der Waals surface area contributed by atoms with Gasteiger partial charge in [-0.1, -0.05) is 0 Å². The average molecular weight is 165 g/mol. The Hall–Kier alpha value is -0.530. The second-order valence-electron chi connectivity index (χ2n) is 4.96. The summed E-state index contributed by atoms with van der Waals surface area (Å²) in [7, 11) is 0. The van der Waals surface area contributed by atoms with Crippen LogP contribution < -0.4 is 5.32 Å². The number of carbonyl (C=O) groups excluding carboxylic acids is 1. The third kappa shape index (κ3) is 0.686. The lowest BCUT2D eigenvalue weighted by atomic mass is 9.80. The second-order valence-corrected chi connectivity index (χ2v) is 4.96. The topological polar surface area (TPSA) is 29.1 Å². The van der Waals surface area contributed by atoms with Crippen molar-refractivity contribution in [2.24, 2.45) is 17.8 Å². The third-order valence-electron chi connectivity index (χ3n) is 4.34. The molecule has 0 saturated heterocycles. The van der Waals surface area contributed by atoms with Crippen molar-refractivity contribution in [1.29, 1.82) is 0 Å². The molecule has 4 bridgehead atoms. The molecule has 2 unspecified atom stereocenters. The van der Waals surface area contributed by atoms with Gasteiger partial charge in [0.25, 0.3) is 0 Å². The summed E-state index contributed by atoms with van der Waals surface area (Å²) in [6.07, 6.45) is 7.68. The molecule has 0 heterocycles. The molecule has 0 aliphatic heterocycles. The quantitative estimate of drug-likeness (QED) is 0.614. The van der Waals surface area contributed by atoms with Crippen molar-refractivity contribution in [2.45, 2.75) is 37.6 Å². The van der Waals surface area contributed by atoms with Crippen LogP contribution in [0.4, 0.5) is 0 Å². The normalized spacial score (nSPS) is 54.5. The highest BCUT2D eigenvalue weighted by atomic mass is 16.1. The maximum absolute atomic E-state index is 10.5. The van der Waals surface area contributed by atoms with Crippen LogP contribution in [0.2, 0.25) is 0 Å². The summed E-state index contributed by atoms with van der Waals surface area (Å²) in [4.78, 5) is 10.5. The molecule has 4 fully saturated rings. The molecule has 66 valence electrons. The molecule has 0 spiro atoms. The Balaban J connectivity index is 1.92. The summed E-state index contributed by atoms with van der Waals surface area (Å²) in [5.74, 6) is 2.70.